The van der Waals surface area contributed by atoms with Crippen LogP contribution in [-0.4, -0.2) is 21.3 Å². The number of carbonyl (C=O) groups excluding carboxylic acids is 1. The molecule has 0 bridgehead atoms. The molecule has 0 heterocycles. The van der Waals surface area contributed by atoms with E-state index in [0.717, 1.165) is 12.1 Å². The Morgan fingerprint density at radius 3 is 2.24 bits per heavy atom. The molecule has 5 nitrogen and oxygen atoms in total. The number of Topliss-reactive ketones (excluding diaryl/α,β-unsaturated/α-hetero) is 1. The second kappa shape index (κ2) is 8.45. The normalized spacial score (nSPS) is 11.1. The monoisotopic (exact) mass is 413 g/mol. The van der Waals surface area contributed by atoms with Gasteiger partial charge in [-0.15, -0.1) is 0 Å². The fraction of sp³-hybridized carbons (Fsp3) is 0.136. The van der Waals surface area contributed by atoms with E-state index in [1.54, 1.807) is 48.5 Å². The molecule has 3 aromatic carbocycles. The third-order valence-electron chi connectivity index (χ3n) is 4.45. The van der Waals surface area contributed by atoms with Crippen LogP contribution in [-0.2, 0) is 16.6 Å². The summed E-state index contributed by atoms with van der Waals surface area (Å²) in [6, 6.07) is 18.1. The van der Waals surface area contributed by atoms with E-state index in [0.29, 0.717) is 22.6 Å². The molecule has 0 saturated heterocycles. The van der Waals surface area contributed by atoms with E-state index in [1.165, 1.54) is 30.5 Å². The van der Waals surface area contributed by atoms with Crippen LogP contribution in [0.15, 0.2) is 77.7 Å². The highest BCUT2D eigenvalue weighted by molar-refractivity contribution is 7.92. The molecule has 3 aromatic rings. The first-order chi connectivity index (χ1) is 13.8. The van der Waals surface area contributed by atoms with Gasteiger partial charge in [0.2, 0.25) is 0 Å². The summed E-state index contributed by atoms with van der Waals surface area (Å²) in [5, 5.41) is 0. The van der Waals surface area contributed by atoms with Crippen molar-refractivity contribution in [3.05, 3.63) is 89.7 Å². The molecule has 0 aromatic heterocycles. The van der Waals surface area contributed by atoms with Gasteiger partial charge in [-0.05, 0) is 61.5 Å². The van der Waals surface area contributed by atoms with Crippen molar-refractivity contribution in [2.45, 2.75) is 18.4 Å². The predicted molar refractivity (Wildman–Crippen MR) is 109 cm³/mol. The Kier molecular flexibility index (Phi) is 5.98. The fourth-order valence-electron chi connectivity index (χ4n) is 2.92. The van der Waals surface area contributed by atoms with E-state index in [1.807, 2.05) is 0 Å². The largest absolute Gasteiger partial charge is 0.496 e. The van der Waals surface area contributed by atoms with Crippen molar-refractivity contribution < 1.29 is 22.3 Å². The van der Waals surface area contributed by atoms with Gasteiger partial charge in [0.1, 0.15) is 11.6 Å². The molecule has 29 heavy (non-hydrogen) atoms. The lowest BCUT2D eigenvalue weighted by Gasteiger charge is -2.25. The van der Waals surface area contributed by atoms with Gasteiger partial charge in [0.25, 0.3) is 10.0 Å². The lowest BCUT2D eigenvalue weighted by Crippen LogP contribution is -2.30. The van der Waals surface area contributed by atoms with Gasteiger partial charge in [-0.2, -0.15) is 0 Å². The summed E-state index contributed by atoms with van der Waals surface area (Å²) in [5.41, 5.74) is 1.43. The molecule has 0 unspecified atom stereocenters. The van der Waals surface area contributed by atoms with Crippen LogP contribution in [0.25, 0.3) is 0 Å². The quantitative estimate of drug-likeness (QED) is 0.538. The highest BCUT2D eigenvalue weighted by atomic mass is 32.2. The molecular formula is C22H20FNO4S. The zero-order valence-corrected chi connectivity index (χ0v) is 16.8. The van der Waals surface area contributed by atoms with Crippen molar-refractivity contribution in [3.8, 4) is 5.75 Å². The summed E-state index contributed by atoms with van der Waals surface area (Å²) in [6.07, 6.45) is 0. The highest BCUT2D eigenvalue weighted by Gasteiger charge is 2.26. The van der Waals surface area contributed by atoms with E-state index >= 15 is 0 Å². The van der Waals surface area contributed by atoms with Gasteiger partial charge in [0.15, 0.2) is 5.78 Å². The maximum atomic E-state index is 13.4. The van der Waals surface area contributed by atoms with Gasteiger partial charge in [-0.25, -0.2) is 12.8 Å². The maximum Gasteiger partial charge on any atom is 0.264 e. The third-order valence-corrected chi connectivity index (χ3v) is 6.23. The topological polar surface area (TPSA) is 63.7 Å². The Labute approximate surface area is 169 Å². The smallest absolute Gasteiger partial charge is 0.264 e. The summed E-state index contributed by atoms with van der Waals surface area (Å²) < 4.78 is 46.6. The maximum absolute atomic E-state index is 13.4. The number of ether oxygens (including phenoxy) is 1. The van der Waals surface area contributed by atoms with Crippen LogP contribution in [0.2, 0.25) is 0 Å². The van der Waals surface area contributed by atoms with Crippen molar-refractivity contribution in [2.24, 2.45) is 0 Å². The minimum absolute atomic E-state index is 0.0376. The minimum atomic E-state index is -4.00. The van der Waals surface area contributed by atoms with Crippen LogP contribution in [0.1, 0.15) is 22.8 Å². The molecule has 0 atom stereocenters. The van der Waals surface area contributed by atoms with E-state index in [2.05, 4.69) is 0 Å². The van der Waals surface area contributed by atoms with Gasteiger partial charge in [0, 0.05) is 11.1 Å². The molecule has 0 spiro atoms. The van der Waals surface area contributed by atoms with E-state index < -0.39 is 15.8 Å². The molecular weight excluding hydrogens is 393 g/mol. The molecule has 0 radical (unpaired) electrons. The van der Waals surface area contributed by atoms with Crippen molar-refractivity contribution in [3.63, 3.8) is 0 Å². The molecule has 0 aliphatic rings. The first-order valence-electron chi connectivity index (χ1n) is 8.84. The molecule has 0 N–H and O–H groups in total. The van der Waals surface area contributed by atoms with Crippen LogP contribution in [0.5, 0.6) is 5.75 Å². The first kappa shape index (κ1) is 20.5. The molecule has 0 saturated carbocycles. The van der Waals surface area contributed by atoms with Gasteiger partial charge in [0.05, 0.1) is 24.2 Å². The van der Waals surface area contributed by atoms with Crippen LogP contribution < -0.4 is 9.04 Å². The second-order valence-corrected chi connectivity index (χ2v) is 8.25. The number of ketones is 1. The number of benzene rings is 3. The Bertz CT molecular complexity index is 1110. The zero-order valence-electron chi connectivity index (χ0n) is 16.0. The number of halogens is 1. The average Bonchev–Trinajstić information content (AvgIpc) is 2.72. The van der Waals surface area contributed by atoms with Gasteiger partial charge in [-0.3, -0.25) is 9.10 Å². The summed E-state index contributed by atoms with van der Waals surface area (Å²) in [6.45, 7) is 1.38. The van der Waals surface area contributed by atoms with Crippen molar-refractivity contribution >= 4 is 21.5 Å². The summed E-state index contributed by atoms with van der Waals surface area (Å²) >= 11 is 0. The lowest BCUT2D eigenvalue weighted by atomic mass is 10.1. The molecule has 150 valence electrons. The summed E-state index contributed by atoms with van der Waals surface area (Å²) in [7, 11) is -2.52. The number of sulfonamides is 1. The van der Waals surface area contributed by atoms with Crippen LogP contribution in [0, 0.1) is 5.82 Å². The Morgan fingerprint density at radius 2 is 1.66 bits per heavy atom. The van der Waals surface area contributed by atoms with Crippen molar-refractivity contribution in [2.75, 3.05) is 11.4 Å². The summed E-state index contributed by atoms with van der Waals surface area (Å²) in [5.74, 6) is -0.196. The number of para-hydroxylation sites is 1. The van der Waals surface area contributed by atoms with Crippen LogP contribution >= 0.6 is 0 Å². The minimum Gasteiger partial charge on any atom is -0.496 e. The van der Waals surface area contributed by atoms with Crippen LogP contribution in [0.4, 0.5) is 10.1 Å². The SMILES string of the molecule is COc1ccc(C(C)=O)cc1CN(c1ccccc1)S(=O)(=O)c1ccc(F)cc1. The van der Waals surface area contributed by atoms with E-state index in [-0.39, 0.29) is 17.2 Å². The molecule has 0 amide bonds. The van der Waals surface area contributed by atoms with Crippen molar-refractivity contribution in [1.82, 2.24) is 0 Å². The zero-order chi connectivity index (χ0) is 21.0. The van der Waals surface area contributed by atoms with Crippen molar-refractivity contribution in [1.29, 1.82) is 0 Å². The number of carbonyl (C=O) groups is 1. The first-order valence-corrected chi connectivity index (χ1v) is 10.3. The fourth-order valence-corrected chi connectivity index (χ4v) is 4.36. The number of nitrogens with zero attached hydrogens (tertiary/aromatic N) is 1. The second-order valence-electron chi connectivity index (χ2n) is 6.38. The van der Waals surface area contributed by atoms with Gasteiger partial charge in [-0.1, -0.05) is 18.2 Å². The van der Waals surface area contributed by atoms with Crippen LogP contribution in [0.3, 0.4) is 0 Å². The van der Waals surface area contributed by atoms with Gasteiger partial charge < -0.3 is 4.74 Å². The Balaban J connectivity index is 2.12. The number of rotatable bonds is 7. The molecule has 0 aliphatic heterocycles. The molecule has 3 rings (SSSR count). The number of hydrogen-bond acceptors (Lipinski definition) is 4. The Morgan fingerprint density at radius 1 is 1.00 bits per heavy atom. The molecule has 0 aliphatic carbocycles. The number of methoxy groups -OCH3 is 1. The molecule has 7 heteroatoms. The predicted octanol–water partition coefficient (Wildman–Crippen LogP) is 4.43. The number of hydrogen-bond donors (Lipinski definition) is 0. The van der Waals surface area contributed by atoms with E-state index in [4.69, 9.17) is 4.74 Å². The average molecular weight is 413 g/mol. The van der Waals surface area contributed by atoms with E-state index in [9.17, 15) is 17.6 Å². The number of anilines is 1. The standard InChI is InChI=1S/C22H20FNO4S/c1-16(25)17-8-13-22(28-2)18(14-17)15-24(20-6-4-3-5-7-20)29(26,27)21-11-9-19(23)10-12-21/h3-14H,15H2,1-2H3. The van der Waals surface area contributed by atoms with Gasteiger partial charge >= 0.3 is 0 Å². The third kappa shape index (κ3) is 4.46. The lowest BCUT2D eigenvalue weighted by molar-refractivity contribution is 0.101. The summed E-state index contributed by atoms with van der Waals surface area (Å²) in [4.78, 5) is 11.8. The Hall–Kier alpha value is -3.19. The highest BCUT2D eigenvalue weighted by Crippen LogP contribution is 2.29. The molecule has 0 fully saturated rings.